The second-order valence-corrected chi connectivity index (χ2v) is 6.51. The molecule has 1 aliphatic rings. The van der Waals surface area contributed by atoms with Gasteiger partial charge in [-0.1, -0.05) is 26.2 Å². The van der Waals surface area contributed by atoms with E-state index in [4.69, 9.17) is 5.11 Å². The number of sulfonamides is 1. The minimum absolute atomic E-state index is 0.0995. The van der Waals surface area contributed by atoms with Crippen LogP contribution in [-0.4, -0.2) is 43.3 Å². The van der Waals surface area contributed by atoms with E-state index in [1.165, 1.54) is 10.7 Å². The standard InChI is InChI=1S/C11H23NO3S/c1-2-12(8-9-13)16(14,15)10-11-6-4-3-5-7-11/h11,13H,2-10H2,1H3. The lowest BCUT2D eigenvalue weighted by molar-refractivity contribution is 0.255. The van der Waals surface area contributed by atoms with Gasteiger partial charge >= 0.3 is 0 Å². The zero-order valence-corrected chi connectivity index (χ0v) is 10.9. The Morgan fingerprint density at radius 1 is 1.25 bits per heavy atom. The lowest BCUT2D eigenvalue weighted by atomic mass is 9.91. The highest BCUT2D eigenvalue weighted by Gasteiger charge is 2.25. The van der Waals surface area contributed by atoms with E-state index in [-0.39, 0.29) is 18.9 Å². The Morgan fingerprint density at radius 3 is 2.38 bits per heavy atom. The van der Waals surface area contributed by atoms with Crippen molar-refractivity contribution >= 4 is 10.0 Å². The first-order valence-electron chi connectivity index (χ1n) is 6.19. The minimum atomic E-state index is -3.16. The largest absolute Gasteiger partial charge is 0.395 e. The highest BCUT2D eigenvalue weighted by atomic mass is 32.2. The van der Waals surface area contributed by atoms with E-state index in [2.05, 4.69) is 0 Å². The first-order chi connectivity index (χ1) is 7.60. The van der Waals surface area contributed by atoms with Crippen LogP contribution in [0.5, 0.6) is 0 Å². The maximum atomic E-state index is 12.0. The molecule has 0 heterocycles. The van der Waals surface area contributed by atoms with Crippen molar-refractivity contribution in [2.24, 2.45) is 5.92 Å². The molecular formula is C11H23NO3S. The van der Waals surface area contributed by atoms with Crippen LogP contribution in [0.4, 0.5) is 0 Å². The van der Waals surface area contributed by atoms with Crippen molar-refractivity contribution in [1.82, 2.24) is 4.31 Å². The number of hydrogen-bond acceptors (Lipinski definition) is 3. The average Bonchev–Trinajstić information content (AvgIpc) is 2.26. The number of nitrogens with zero attached hydrogens (tertiary/aromatic N) is 1. The molecule has 0 aromatic rings. The van der Waals surface area contributed by atoms with Crippen LogP contribution in [-0.2, 0) is 10.0 Å². The van der Waals surface area contributed by atoms with Gasteiger partial charge in [0, 0.05) is 13.1 Å². The van der Waals surface area contributed by atoms with Crippen LogP contribution >= 0.6 is 0 Å². The van der Waals surface area contributed by atoms with E-state index in [9.17, 15) is 8.42 Å². The third kappa shape index (κ3) is 4.03. The Labute approximate surface area is 98.7 Å². The highest BCUT2D eigenvalue weighted by molar-refractivity contribution is 7.89. The first kappa shape index (κ1) is 13.9. The zero-order valence-electron chi connectivity index (χ0n) is 10.1. The zero-order chi connectivity index (χ0) is 12.0. The molecule has 1 rings (SSSR count). The fourth-order valence-corrected chi connectivity index (χ4v) is 4.26. The molecule has 0 aromatic carbocycles. The topological polar surface area (TPSA) is 57.6 Å². The van der Waals surface area contributed by atoms with E-state index in [1.54, 1.807) is 0 Å². The maximum Gasteiger partial charge on any atom is 0.214 e. The Balaban J connectivity index is 2.54. The van der Waals surface area contributed by atoms with Crippen molar-refractivity contribution in [3.63, 3.8) is 0 Å². The van der Waals surface area contributed by atoms with Crippen molar-refractivity contribution in [3.8, 4) is 0 Å². The second-order valence-electron chi connectivity index (χ2n) is 4.50. The van der Waals surface area contributed by atoms with E-state index in [1.807, 2.05) is 6.92 Å². The van der Waals surface area contributed by atoms with Crippen LogP contribution < -0.4 is 0 Å². The van der Waals surface area contributed by atoms with Gasteiger partial charge in [0.25, 0.3) is 0 Å². The molecule has 1 aliphatic carbocycles. The maximum absolute atomic E-state index is 12.0. The average molecular weight is 249 g/mol. The molecule has 16 heavy (non-hydrogen) atoms. The monoisotopic (exact) mass is 249 g/mol. The van der Waals surface area contributed by atoms with Crippen molar-refractivity contribution in [3.05, 3.63) is 0 Å². The summed E-state index contributed by atoms with van der Waals surface area (Å²) in [4.78, 5) is 0. The van der Waals surface area contributed by atoms with Crippen molar-refractivity contribution in [2.45, 2.75) is 39.0 Å². The van der Waals surface area contributed by atoms with Gasteiger partial charge in [-0.15, -0.1) is 0 Å². The number of rotatable bonds is 6. The molecule has 1 N–H and O–H groups in total. The molecular weight excluding hydrogens is 226 g/mol. The number of aliphatic hydroxyl groups excluding tert-OH is 1. The molecule has 0 atom stereocenters. The molecule has 0 aliphatic heterocycles. The number of likely N-dealkylation sites (N-methyl/N-ethyl adjacent to an activating group) is 1. The summed E-state index contributed by atoms with van der Waals surface area (Å²) in [7, 11) is -3.16. The summed E-state index contributed by atoms with van der Waals surface area (Å²) < 4.78 is 25.5. The lowest BCUT2D eigenvalue weighted by Crippen LogP contribution is -2.37. The van der Waals surface area contributed by atoms with Gasteiger partial charge in [0.05, 0.1) is 12.4 Å². The highest BCUT2D eigenvalue weighted by Crippen LogP contribution is 2.25. The van der Waals surface area contributed by atoms with Gasteiger partial charge in [-0.3, -0.25) is 0 Å². The van der Waals surface area contributed by atoms with Crippen LogP contribution in [0, 0.1) is 5.92 Å². The molecule has 0 saturated heterocycles. The first-order valence-corrected chi connectivity index (χ1v) is 7.79. The summed E-state index contributed by atoms with van der Waals surface area (Å²) in [6.45, 7) is 2.40. The van der Waals surface area contributed by atoms with Gasteiger partial charge < -0.3 is 5.11 Å². The van der Waals surface area contributed by atoms with Crippen molar-refractivity contribution in [2.75, 3.05) is 25.4 Å². The SMILES string of the molecule is CCN(CCO)S(=O)(=O)CC1CCCCC1. The Morgan fingerprint density at radius 2 is 1.88 bits per heavy atom. The van der Waals surface area contributed by atoms with E-state index in [0.717, 1.165) is 25.7 Å². The molecule has 0 bridgehead atoms. The molecule has 1 fully saturated rings. The summed E-state index contributed by atoms with van der Waals surface area (Å²) in [5, 5.41) is 8.83. The van der Waals surface area contributed by atoms with E-state index >= 15 is 0 Å². The molecule has 0 spiro atoms. The minimum Gasteiger partial charge on any atom is -0.395 e. The summed E-state index contributed by atoms with van der Waals surface area (Å²) in [5.74, 6) is 0.590. The fourth-order valence-electron chi connectivity index (χ4n) is 2.36. The van der Waals surface area contributed by atoms with Crippen molar-refractivity contribution in [1.29, 1.82) is 0 Å². The molecule has 96 valence electrons. The summed E-state index contributed by atoms with van der Waals surface area (Å²) in [5.41, 5.74) is 0. The quantitative estimate of drug-likeness (QED) is 0.770. The summed E-state index contributed by atoms with van der Waals surface area (Å²) in [6, 6.07) is 0. The molecule has 4 nitrogen and oxygen atoms in total. The van der Waals surface area contributed by atoms with Gasteiger partial charge in [-0.05, 0) is 18.8 Å². The predicted octanol–water partition coefficient (Wildman–Crippen LogP) is 1.21. The normalized spacial score (nSPS) is 19.2. The molecule has 0 unspecified atom stereocenters. The fraction of sp³-hybridized carbons (Fsp3) is 1.00. The molecule has 0 amide bonds. The Kier molecular flexibility index (Phi) is 5.72. The molecule has 0 aromatic heterocycles. The third-order valence-electron chi connectivity index (χ3n) is 3.27. The van der Waals surface area contributed by atoms with E-state index < -0.39 is 10.0 Å². The van der Waals surface area contributed by atoms with Crippen LogP contribution in [0.3, 0.4) is 0 Å². The molecule has 0 radical (unpaired) electrons. The van der Waals surface area contributed by atoms with Crippen molar-refractivity contribution < 1.29 is 13.5 Å². The summed E-state index contributed by atoms with van der Waals surface area (Å²) >= 11 is 0. The van der Waals surface area contributed by atoms with Gasteiger partial charge in [0.15, 0.2) is 0 Å². The Bertz CT molecular complexity index is 284. The molecule has 5 heteroatoms. The van der Waals surface area contributed by atoms with Crippen LogP contribution in [0.1, 0.15) is 39.0 Å². The van der Waals surface area contributed by atoms with Crippen LogP contribution in [0.15, 0.2) is 0 Å². The van der Waals surface area contributed by atoms with Gasteiger partial charge in [0.2, 0.25) is 10.0 Å². The smallest absolute Gasteiger partial charge is 0.214 e. The number of hydrogen-bond donors (Lipinski definition) is 1. The van der Waals surface area contributed by atoms with Crippen LogP contribution in [0.25, 0.3) is 0 Å². The van der Waals surface area contributed by atoms with Gasteiger partial charge in [-0.25, -0.2) is 8.42 Å². The predicted molar refractivity (Wildman–Crippen MR) is 64.7 cm³/mol. The Hall–Kier alpha value is -0.130. The van der Waals surface area contributed by atoms with Crippen LogP contribution in [0.2, 0.25) is 0 Å². The lowest BCUT2D eigenvalue weighted by Gasteiger charge is -2.25. The second kappa shape index (κ2) is 6.57. The third-order valence-corrected chi connectivity index (χ3v) is 5.39. The summed E-state index contributed by atoms with van der Waals surface area (Å²) in [6.07, 6.45) is 5.63. The molecule has 1 saturated carbocycles. The number of aliphatic hydroxyl groups is 1. The van der Waals surface area contributed by atoms with E-state index in [0.29, 0.717) is 12.5 Å². The van der Waals surface area contributed by atoms with Gasteiger partial charge in [-0.2, -0.15) is 4.31 Å². The van der Waals surface area contributed by atoms with Gasteiger partial charge in [0.1, 0.15) is 0 Å².